The summed E-state index contributed by atoms with van der Waals surface area (Å²) in [6, 6.07) is 0.525. The number of hydrogen-bond acceptors (Lipinski definition) is 5. The largest absolute Gasteiger partial charge is 0.408 e. The Hall–Kier alpha value is -1.10. The summed E-state index contributed by atoms with van der Waals surface area (Å²) in [7, 11) is 0. The SMILES string of the molecule is CC1(CNc2nnc(CCN)o2)CCCC1. The Morgan fingerprint density at radius 2 is 2.12 bits per heavy atom. The normalized spacial score (nSPS) is 18.9. The Bertz CT molecular complexity index is 330. The van der Waals surface area contributed by atoms with E-state index in [4.69, 9.17) is 10.2 Å². The van der Waals surface area contributed by atoms with Crippen LogP contribution in [0, 0.1) is 5.41 Å². The highest BCUT2D eigenvalue weighted by atomic mass is 16.4. The highest BCUT2D eigenvalue weighted by Crippen LogP contribution is 2.37. The topological polar surface area (TPSA) is 77.0 Å². The molecule has 0 amide bonds. The van der Waals surface area contributed by atoms with E-state index in [0.717, 1.165) is 6.54 Å². The minimum atomic E-state index is 0.391. The lowest BCUT2D eigenvalue weighted by atomic mass is 9.89. The summed E-state index contributed by atoms with van der Waals surface area (Å²) in [6.07, 6.45) is 5.88. The van der Waals surface area contributed by atoms with E-state index in [1.165, 1.54) is 25.7 Å². The third-order valence-electron chi connectivity index (χ3n) is 3.30. The molecule has 1 heterocycles. The lowest BCUT2D eigenvalue weighted by Crippen LogP contribution is -2.23. The van der Waals surface area contributed by atoms with Gasteiger partial charge in [0.2, 0.25) is 5.89 Å². The van der Waals surface area contributed by atoms with E-state index in [0.29, 0.717) is 30.3 Å². The molecule has 1 aliphatic rings. The summed E-state index contributed by atoms with van der Waals surface area (Å²) in [6.45, 7) is 3.76. The number of hydrogen-bond donors (Lipinski definition) is 2. The summed E-state index contributed by atoms with van der Waals surface area (Å²) in [4.78, 5) is 0. The molecule has 5 nitrogen and oxygen atoms in total. The molecule has 0 unspecified atom stereocenters. The van der Waals surface area contributed by atoms with Crippen molar-refractivity contribution in [1.29, 1.82) is 0 Å². The van der Waals surface area contributed by atoms with E-state index < -0.39 is 0 Å². The van der Waals surface area contributed by atoms with Crippen molar-refractivity contribution in [2.24, 2.45) is 11.1 Å². The molecule has 2 rings (SSSR count). The molecule has 3 N–H and O–H groups in total. The number of nitrogens with two attached hydrogens (primary N) is 1. The van der Waals surface area contributed by atoms with Crippen LogP contribution in [-0.2, 0) is 6.42 Å². The lowest BCUT2D eigenvalue weighted by Gasteiger charge is -2.22. The van der Waals surface area contributed by atoms with Gasteiger partial charge in [-0.05, 0) is 18.3 Å². The Kier molecular flexibility index (Phi) is 3.43. The van der Waals surface area contributed by atoms with Crippen LogP contribution in [0.5, 0.6) is 0 Å². The van der Waals surface area contributed by atoms with Crippen molar-refractivity contribution in [2.75, 3.05) is 18.4 Å². The second-order valence-corrected chi connectivity index (χ2v) is 4.91. The molecule has 5 heteroatoms. The maximum Gasteiger partial charge on any atom is 0.315 e. The molecule has 0 aliphatic heterocycles. The van der Waals surface area contributed by atoms with Gasteiger partial charge in [0.05, 0.1) is 0 Å². The molecule has 0 saturated heterocycles. The van der Waals surface area contributed by atoms with Crippen molar-refractivity contribution >= 4 is 6.01 Å². The molecule has 0 aromatic carbocycles. The molecule has 0 spiro atoms. The van der Waals surface area contributed by atoms with Crippen LogP contribution in [0.25, 0.3) is 0 Å². The molecular weight excluding hydrogens is 204 g/mol. The van der Waals surface area contributed by atoms with Gasteiger partial charge >= 0.3 is 6.01 Å². The third-order valence-corrected chi connectivity index (χ3v) is 3.30. The smallest absolute Gasteiger partial charge is 0.315 e. The van der Waals surface area contributed by atoms with E-state index in [2.05, 4.69) is 22.4 Å². The first-order valence-corrected chi connectivity index (χ1v) is 5.98. The Labute approximate surface area is 95.8 Å². The first-order chi connectivity index (χ1) is 7.72. The van der Waals surface area contributed by atoms with Crippen molar-refractivity contribution in [2.45, 2.75) is 39.0 Å². The van der Waals surface area contributed by atoms with Gasteiger partial charge < -0.3 is 15.5 Å². The first-order valence-electron chi connectivity index (χ1n) is 5.98. The maximum absolute atomic E-state index is 5.42. The van der Waals surface area contributed by atoms with Crippen LogP contribution in [-0.4, -0.2) is 23.3 Å². The van der Waals surface area contributed by atoms with Gasteiger partial charge in [0.15, 0.2) is 0 Å². The third kappa shape index (κ3) is 2.72. The first kappa shape index (κ1) is 11.4. The average Bonchev–Trinajstić information content (AvgIpc) is 2.86. The van der Waals surface area contributed by atoms with Crippen LogP contribution in [0.1, 0.15) is 38.5 Å². The van der Waals surface area contributed by atoms with Crippen LogP contribution in [0.2, 0.25) is 0 Å². The number of nitrogens with zero attached hydrogens (tertiary/aromatic N) is 2. The standard InChI is InChI=1S/C11H20N4O/c1-11(5-2-3-6-11)8-13-10-15-14-9(16-10)4-7-12/h2-8,12H2,1H3,(H,13,15). The van der Waals surface area contributed by atoms with Crippen molar-refractivity contribution in [1.82, 2.24) is 10.2 Å². The van der Waals surface area contributed by atoms with E-state index in [9.17, 15) is 0 Å². The molecule has 0 bridgehead atoms. The molecule has 1 aromatic rings. The summed E-state index contributed by atoms with van der Waals surface area (Å²) in [5.41, 5.74) is 5.81. The van der Waals surface area contributed by atoms with Crippen LogP contribution in [0.15, 0.2) is 4.42 Å². The number of aromatic nitrogens is 2. The quantitative estimate of drug-likeness (QED) is 0.793. The highest BCUT2D eigenvalue weighted by Gasteiger charge is 2.28. The zero-order chi connectivity index (χ0) is 11.4. The fraction of sp³-hybridized carbons (Fsp3) is 0.818. The van der Waals surface area contributed by atoms with Gasteiger partial charge in [0, 0.05) is 19.5 Å². The Balaban J connectivity index is 1.84. The molecule has 90 valence electrons. The predicted molar refractivity (Wildman–Crippen MR) is 62.1 cm³/mol. The van der Waals surface area contributed by atoms with Crippen LogP contribution >= 0.6 is 0 Å². The number of anilines is 1. The monoisotopic (exact) mass is 224 g/mol. The molecule has 1 saturated carbocycles. The van der Waals surface area contributed by atoms with E-state index >= 15 is 0 Å². The highest BCUT2D eigenvalue weighted by molar-refractivity contribution is 5.18. The van der Waals surface area contributed by atoms with Crippen molar-refractivity contribution in [3.05, 3.63) is 5.89 Å². The van der Waals surface area contributed by atoms with E-state index in [-0.39, 0.29) is 0 Å². The fourth-order valence-electron chi connectivity index (χ4n) is 2.24. The van der Waals surface area contributed by atoms with E-state index in [1.54, 1.807) is 0 Å². The Morgan fingerprint density at radius 1 is 1.38 bits per heavy atom. The second-order valence-electron chi connectivity index (χ2n) is 4.91. The number of rotatable bonds is 5. The molecule has 0 radical (unpaired) electrons. The zero-order valence-electron chi connectivity index (χ0n) is 9.83. The predicted octanol–water partition coefficient (Wildman–Crippen LogP) is 1.56. The number of nitrogens with one attached hydrogen (secondary N) is 1. The van der Waals surface area contributed by atoms with E-state index in [1.807, 2.05) is 0 Å². The lowest BCUT2D eigenvalue weighted by molar-refractivity contribution is 0.356. The summed E-state index contributed by atoms with van der Waals surface area (Å²) in [5, 5.41) is 11.1. The molecule has 1 fully saturated rings. The van der Waals surface area contributed by atoms with Gasteiger partial charge in [0.25, 0.3) is 0 Å². The summed E-state index contributed by atoms with van der Waals surface area (Å²) in [5.74, 6) is 0.613. The zero-order valence-corrected chi connectivity index (χ0v) is 9.83. The van der Waals surface area contributed by atoms with Gasteiger partial charge in [-0.1, -0.05) is 24.9 Å². The average molecular weight is 224 g/mol. The second kappa shape index (κ2) is 4.82. The molecule has 0 atom stereocenters. The molecule has 1 aliphatic carbocycles. The minimum Gasteiger partial charge on any atom is -0.408 e. The molecule has 16 heavy (non-hydrogen) atoms. The minimum absolute atomic E-state index is 0.391. The van der Waals surface area contributed by atoms with Gasteiger partial charge in [-0.25, -0.2) is 0 Å². The van der Waals surface area contributed by atoms with Crippen molar-refractivity contribution in [3.63, 3.8) is 0 Å². The van der Waals surface area contributed by atoms with Crippen molar-refractivity contribution < 1.29 is 4.42 Å². The molecule has 1 aromatic heterocycles. The van der Waals surface area contributed by atoms with Gasteiger partial charge in [-0.3, -0.25) is 0 Å². The van der Waals surface area contributed by atoms with Crippen molar-refractivity contribution in [3.8, 4) is 0 Å². The Morgan fingerprint density at radius 3 is 2.81 bits per heavy atom. The van der Waals surface area contributed by atoms with Gasteiger partial charge in [-0.15, -0.1) is 5.10 Å². The fourth-order valence-corrected chi connectivity index (χ4v) is 2.24. The summed E-state index contributed by atoms with van der Waals surface area (Å²) < 4.78 is 5.42. The maximum atomic E-state index is 5.42. The summed E-state index contributed by atoms with van der Waals surface area (Å²) >= 11 is 0. The van der Waals surface area contributed by atoms with Crippen LogP contribution < -0.4 is 11.1 Å². The van der Waals surface area contributed by atoms with Crippen LogP contribution in [0.3, 0.4) is 0 Å². The van der Waals surface area contributed by atoms with Crippen LogP contribution in [0.4, 0.5) is 6.01 Å². The van der Waals surface area contributed by atoms with Gasteiger partial charge in [-0.2, -0.15) is 0 Å². The van der Waals surface area contributed by atoms with Gasteiger partial charge in [0.1, 0.15) is 0 Å². The molecular formula is C11H20N4O.